The lowest BCUT2D eigenvalue weighted by molar-refractivity contribution is -0.146. The lowest BCUT2D eigenvalue weighted by Crippen LogP contribution is -2.53. The molecule has 0 radical (unpaired) electrons. The Hall–Kier alpha value is -2.37. The minimum absolute atomic E-state index is 0.00244. The van der Waals surface area contributed by atoms with Crippen molar-refractivity contribution >= 4 is 17.8 Å². The van der Waals surface area contributed by atoms with Crippen LogP contribution in [-0.4, -0.2) is 46.9 Å². The Kier molecular flexibility index (Phi) is 6.56. The predicted octanol–water partition coefficient (Wildman–Crippen LogP) is 2.15. The summed E-state index contributed by atoms with van der Waals surface area (Å²) in [6.45, 7) is 4.77. The molecular formula is C19H26N2O4. The molecule has 2 amide bonds. The quantitative estimate of drug-likeness (QED) is 0.826. The summed E-state index contributed by atoms with van der Waals surface area (Å²) in [6.07, 6.45) is 1.68. The normalized spacial score (nSPS) is 17.6. The number of nitrogens with one attached hydrogen (secondary N) is 1. The lowest BCUT2D eigenvalue weighted by atomic mass is 9.93. The highest BCUT2D eigenvalue weighted by molar-refractivity contribution is 5.97. The van der Waals surface area contributed by atoms with Crippen molar-refractivity contribution < 1.29 is 19.5 Å². The van der Waals surface area contributed by atoms with E-state index in [1.54, 1.807) is 29.2 Å². The molecule has 0 aromatic heterocycles. The molecule has 6 heteroatoms. The van der Waals surface area contributed by atoms with Crippen molar-refractivity contribution in [1.29, 1.82) is 0 Å². The maximum absolute atomic E-state index is 12.9. The number of carboxylic acids is 1. The monoisotopic (exact) mass is 346 g/mol. The second kappa shape index (κ2) is 8.65. The fourth-order valence-electron chi connectivity index (χ4n) is 3.04. The fraction of sp³-hybridized carbons (Fsp3) is 0.526. The maximum atomic E-state index is 12.9. The second-order valence-corrected chi connectivity index (χ2v) is 6.64. The van der Waals surface area contributed by atoms with Gasteiger partial charge in [-0.3, -0.25) is 14.4 Å². The van der Waals surface area contributed by atoms with Crippen LogP contribution >= 0.6 is 0 Å². The first-order chi connectivity index (χ1) is 11.9. The van der Waals surface area contributed by atoms with Crippen molar-refractivity contribution in [3.63, 3.8) is 0 Å². The van der Waals surface area contributed by atoms with Crippen LogP contribution in [-0.2, 0) is 9.59 Å². The predicted molar refractivity (Wildman–Crippen MR) is 94.1 cm³/mol. The van der Waals surface area contributed by atoms with E-state index in [1.165, 1.54) is 0 Å². The first kappa shape index (κ1) is 19.0. The van der Waals surface area contributed by atoms with Crippen molar-refractivity contribution in [1.82, 2.24) is 10.2 Å². The second-order valence-electron chi connectivity index (χ2n) is 6.64. The van der Waals surface area contributed by atoms with Crippen LogP contribution in [0.25, 0.3) is 0 Å². The number of amides is 2. The van der Waals surface area contributed by atoms with Crippen LogP contribution in [0.4, 0.5) is 0 Å². The van der Waals surface area contributed by atoms with Crippen LogP contribution in [0, 0.1) is 11.8 Å². The average Bonchev–Trinajstić information content (AvgIpc) is 2.65. The van der Waals surface area contributed by atoms with Crippen LogP contribution in [0.2, 0.25) is 0 Å². The number of nitrogens with zero attached hydrogens (tertiary/aromatic N) is 1. The van der Waals surface area contributed by atoms with Crippen molar-refractivity contribution in [3.05, 3.63) is 35.9 Å². The molecule has 0 aliphatic carbocycles. The smallest absolute Gasteiger partial charge is 0.306 e. The fourth-order valence-corrected chi connectivity index (χ4v) is 3.04. The topological polar surface area (TPSA) is 86.7 Å². The van der Waals surface area contributed by atoms with E-state index in [0.29, 0.717) is 31.5 Å². The van der Waals surface area contributed by atoms with Crippen LogP contribution in [0.1, 0.15) is 43.5 Å². The summed E-state index contributed by atoms with van der Waals surface area (Å²) < 4.78 is 0. The number of carbonyl (C=O) groups excluding carboxylic acids is 2. The van der Waals surface area contributed by atoms with Crippen LogP contribution in [0.15, 0.2) is 30.3 Å². The zero-order chi connectivity index (χ0) is 18.4. The number of benzene rings is 1. The minimum atomic E-state index is -0.803. The highest BCUT2D eigenvalue weighted by Crippen LogP contribution is 2.20. The molecule has 2 atom stereocenters. The van der Waals surface area contributed by atoms with Gasteiger partial charge in [-0.05, 0) is 30.9 Å². The maximum Gasteiger partial charge on any atom is 0.306 e. The lowest BCUT2D eigenvalue weighted by Gasteiger charge is -2.34. The van der Waals surface area contributed by atoms with E-state index in [0.717, 1.165) is 6.42 Å². The van der Waals surface area contributed by atoms with Gasteiger partial charge in [0.2, 0.25) is 5.91 Å². The number of aliphatic carboxylic acids is 1. The largest absolute Gasteiger partial charge is 0.481 e. The van der Waals surface area contributed by atoms with Crippen LogP contribution in [0.3, 0.4) is 0 Å². The number of carboxylic acid groups (broad SMARTS) is 1. The highest BCUT2D eigenvalue weighted by Gasteiger charge is 2.33. The number of likely N-dealkylation sites (tertiary alicyclic amines) is 1. The Morgan fingerprint density at radius 2 is 1.80 bits per heavy atom. The molecule has 2 rings (SSSR count). The van der Waals surface area contributed by atoms with Crippen molar-refractivity contribution in [2.45, 2.75) is 39.2 Å². The number of rotatable bonds is 6. The molecule has 1 aromatic carbocycles. The molecule has 2 N–H and O–H groups in total. The molecular weight excluding hydrogens is 320 g/mol. The van der Waals surface area contributed by atoms with E-state index in [-0.39, 0.29) is 23.7 Å². The van der Waals surface area contributed by atoms with Gasteiger partial charge >= 0.3 is 5.97 Å². The Morgan fingerprint density at radius 1 is 1.20 bits per heavy atom. The van der Waals surface area contributed by atoms with Crippen LogP contribution in [0.5, 0.6) is 0 Å². The van der Waals surface area contributed by atoms with E-state index < -0.39 is 12.0 Å². The van der Waals surface area contributed by atoms with Gasteiger partial charge in [0.1, 0.15) is 6.04 Å². The third kappa shape index (κ3) is 4.81. The number of hydrogen-bond acceptors (Lipinski definition) is 3. The summed E-state index contributed by atoms with van der Waals surface area (Å²) in [7, 11) is 0. The molecule has 1 aliphatic rings. The van der Waals surface area contributed by atoms with E-state index in [2.05, 4.69) is 5.32 Å². The number of piperidine rings is 1. The summed E-state index contributed by atoms with van der Waals surface area (Å²) in [4.78, 5) is 38.1. The Bertz CT molecular complexity index is 609. The van der Waals surface area contributed by atoms with Gasteiger partial charge in [0.15, 0.2) is 0 Å². The van der Waals surface area contributed by atoms with Gasteiger partial charge in [0, 0.05) is 18.7 Å². The summed E-state index contributed by atoms with van der Waals surface area (Å²) in [5.41, 5.74) is 0.521. The minimum Gasteiger partial charge on any atom is -0.481 e. The van der Waals surface area contributed by atoms with Gasteiger partial charge in [-0.25, -0.2) is 0 Å². The molecule has 1 aliphatic heterocycles. The first-order valence-corrected chi connectivity index (χ1v) is 8.81. The molecule has 1 saturated heterocycles. The average molecular weight is 346 g/mol. The van der Waals surface area contributed by atoms with Crippen molar-refractivity contribution in [3.8, 4) is 0 Å². The van der Waals surface area contributed by atoms with E-state index in [9.17, 15) is 14.4 Å². The third-order valence-electron chi connectivity index (χ3n) is 4.96. The number of hydrogen-bond donors (Lipinski definition) is 2. The van der Waals surface area contributed by atoms with Gasteiger partial charge in [-0.1, -0.05) is 38.5 Å². The third-order valence-corrected chi connectivity index (χ3v) is 4.96. The molecule has 136 valence electrons. The summed E-state index contributed by atoms with van der Waals surface area (Å²) in [5.74, 6) is -1.58. The Labute approximate surface area is 148 Å². The zero-order valence-electron chi connectivity index (χ0n) is 14.8. The van der Waals surface area contributed by atoms with Crippen LogP contribution < -0.4 is 5.32 Å². The zero-order valence-corrected chi connectivity index (χ0v) is 14.8. The SMILES string of the molecule is CCC(C)C(NC(=O)c1ccccc1)C(=O)N1CCC(C(=O)O)CC1. The molecule has 0 bridgehead atoms. The molecule has 1 heterocycles. The van der Waals surface area contributed by atoms with Gasteiger partial charge in [0.25, 0.3) is 5.91 Å². The molecule has 0 saturated carbocycles. The standard InChI is InChI=1S/C19H26N2O4/c1-3-13(2)16(20-17(22)14-7-5-4-6-8-14)18(23)21-11-9-15(10-12-21)19(24)25/h4-8,13,15-16H,3,9-12H2,1-2H3,(H,20,22)(H,24,25). The van der Waals surface area contributed by atoms with Crippen molar-refractivity contribution in [2.24, 2.45) is 11.8 Å². The summed E-state index contributed by atoms with van der Waals surface area (Å²) in [5, 5.41) is 12.0. The Balaban J connectivity index is 2.05. The van der Waals surface area contributed by atoms with E-state index >= 15 is 0 Å². The molecule has 2 unspecified atom stereocenters. The molecule has 1 aromatic rings. The Morgan fingerprint density at radius 3 is 2.32 bits per heavy atom. The van der Waals surface area contributed by atoms with E-state index in [4.69, 9.17) is 5.11 Å². The molecule has 25 heavy (non-hydrogen) atoms. The highest BCUT2D eigenvalue weighted by atomic mass is 16.4. The van der Waals surface area contributed by atoms with Gasteiger partial charge in [0.05, 0.1) is 5.92 Å². The molecule has 6 nitrogen and oxygen atoms in total. The molecule has 1 fully saturated rings. The van der Waals surface area contributed by atoms with Gasteiger partial charge in [-0.15, -0.1) is 0 Å². The first-order valence-electron chi connectivity index (χ1n) is 8.81. The van der Waals surface area contributed by atoms with Crippen molar-refractivity contribution in [2.75, 3.05) is 13.1 Å². The van der Waals surface area contributed by atoms with E-state index in [1.807, 2.05) is 19.9 Å². The number of carbonyl (C=O) groups is 3. The summed E-state index contributed by atoms with van der Waals surface area (Å²) >= 11 is 0. The van der Waals surface area contributed by atoms with Gasteiger partial charge < -0.3 is 15.3 Å². The molecule has 0 spiro atoms. The summed E-state index contributed by atoms with van der Waals surface area (Å²) in [6, 6.07) is 8.23. The van der Waals surface area contributed by atoms with Gasteiger partial charge in [-0.2, -0.15) is 0 Å².